The van der Waals surface area contributed by atoms with Crippen LogP contribution in [0.25, 0.3) is 0 Å². The molecule has 0 N–H and O–H groups in total. The lowest BCUT2D eigenvalue weighted by molar-refractivity contribution is -0.123. The van der Waals surface area contributed by atoms with Gasteiger partial charge in [0.25, 0.3) is 0 Å². The molecule has 0 amide bonds. The molecule has 0 bridgehead atoms. The van der Waals surface area contributed by atoms with Crippen LogP contribution in [0.1, 0.15) is 174 Å². The number of hydrogen-bond acceptors (Lipinski definition) is 2. The lowest BCUT2D eigenvalue weighted by Gasteiger charge is -2.15. The summed E-state index contributed by atoms with van der Waals surface area (Å²) in [5, 5.41) is 0. The Labute approximate surface area is 226 Å². The topological polar surface area (TPSA) is 34.1 Å². The molecule has 36 heavy (non-hydrogen) atoms. The Hall–Kier alpha value is -1.18. The molecule has 0 aromatic rings. The number of Topliss-reactive ketones (excluding diaryl/α,β-unsaturated/α-hetero) is 1. The van der Waals surface area contributed by atoms with Crippen molar-refractivity contribution in [3.05, 3.63) is 24.3 Å². The van der Waals surface area contributed by atoms with Gasteiger partial charge < -0.3 is 4.79 Å². The van der Waals surface area contributed by atoms with Crippen molar-refractivity contribution in [3.63, 3.8) is 0 Å². The molecule has 0 spiro atoms. The normalized spacial score (nSPS) is 12.6. The van der Waals surface area contributed by atoms with Crippen LogP contribution in [0.5, 0.6) is 0 Å². The molecule has 0 aliphatic rings. The fourth-order valence-corrected chi connectivity index (χ4v) is 4.94. The van der Waals surface area contributed by atoms with Crippen molar-refractivity contribution in [2.75, 3.05) is 0 Å². The minimum atomic E-state index is 0.161. The van der Waals surface area contributed by atoms with Gasteiger partial charge >= 0.3 is 0 Å². The highest BCUT2D eigenvalue weighted by Crippen LogP contribution is 2.21. The van der Waals surface area contributed by atoms with Gasteiger partial charge in [0, 0.05) is 18.8 Å². The van der Waals surface area contributed by atoms with Crippen LogP contribution in [0.15, 0.2) is 24.3 Å². The predicted molar refractivity (Wildman–Crippen MR) is 160 cm³/mol. The van der Waals surface area contributed by atoms with E-state index in [1.165, 1.54) is 103 Å². The minimum Gasteiger partial charge on any atom is -0.303 e. The molecule has 210 valence electrons. The lowest BCUT2D eigenvalue weighted by atomic mass is 9.89. The summed E-state index contributed by atoms with van der Waals surface area (Å²) < 4.78 is 0. The van der Waals surface area contributed by atoms with Gasteiger partial charge in [-0.05, 0) is 57.8 Å². The molecule has 1 atom stereocenters. The average molecular weight is 503 g/mol. The van der Waals surface area contributed by atoms with E-state index in [0.29, 0.717) is 12.2 Å². The van der Waals surface area contributed by atoms with Crippen molar-refractivity contribution < 1.29 is 9.59 Å². The van der Waals surface area contributed by atoms with Crippen molar-refractivity contribution in [1.29, 1.82) is 0 Å². The highest BCUT2D eigenvalue weighted by atomic mass is 16.1. The fourth-order valence-electron chi connectivity index (χ4n) is 4.94. The molecule has 1 unspecified atom stereocenters. The Morgan fingerprint density at radius 1 is 0.528 bits per heavy atom. The van der Waals surface area contributed by atoms with Gasteiger partial charge in [-0.15, -0.1) is 0 Å². The second-order valence-corrected chi connectivity index (χ2v) is 10.9. The molecule has 0 rings (SSSR count). The maximum absolute atomic E-state index is 12.8. The summed E-state index contributed by atoms with van der Waals surface area (Å²) in [7, 11) is 0. The van der Waals surface area contributed by atoms with Gasteiger partial charge in [-0.2, -0.15) is 0 Å². The zero-order chi connectivity index (χ0) is 26.4. The number of carbonyl (C=O) groups excluding carboxylic acids is 2. The molecule has 0 aliphatic heterocycles. The molecule has 0 radical (unpaired) electrons. The number of unbranched alkanes of at least 4 members (excludes halogenated alkanes) is 17. The molecule has 0 fully saturated rings. The van der Waals surface area contributed by atoms with E-state index in [1.807, 2.05) is 0 Å². The Bertz CT molecular complexity index is 519. The summed E-state index contributed by atoms with van der Waals surface area (Å²) >= 11 is 0. The van der Waals surface area contributed by atoms with Crippen LogP contribution in [-0.4, -0.2) is 12.1 Å². The Kier molecular flexibility index (Phi) is 29.1. The maximum Gasteiger partial charge on any atom is 0.135 e. The Morgan fingerprint density at radius 3 is 1.50 bits per heavy atom. The van der Waals surface area contributed by atoms with E-state index in [1.54, 1.807) is 0 Å². The molecule has 0 aromatic carbocycles. The SMILES string of the molecule is CCCCCC=CCC=CCCCC(CCCC=O)C(=O)CCCCCCCCCCCCCCC. The van der Waals surface area contributed by atoms with Crippen LogP contribution in [0.3, 0.4) is 0 Å². The van der Waals surface area contributed by atoms with Gasteiger partial charge in [0.2, 0.25) is 0 Å². The quantitative estimate of drug-likeness (QED) is 0.0579. The summed E-state index contributed by atoms with van der Waals surface area (Å²) in [6.45, 7) is 4.52. The van der Waals surface area contributed by atoms with Gasteiger partial charge in [0.05, 0.1) is 0 Å². The summed E-state index contributed by atoms with van der Waals surface area (Å²) in [4.78, 5) is 23.6. The molecule has 0 saturated carbocycles. The second-order valence-electron chi connectivity index (χ2n) is 10.9. The minimum absolute atomic E-state index is 0.161. The van der Waals surface area contributed by atoms with Gasteiger partial charge in [0.15, 0.2) is 0 Å². The van der Waals surface area contributed by atoms with Crippen LogP contribution in [-0.2, 0) is 9.59 Å². The molecule has 0 aliphatic carbocycles. The number of hydrogen-bond donors (Lipinski definition) is 0. The van der Waals surface area contributed by atoms with E-state index in [2.05, 4.69) is 38.2 Å². The van der Waals surface area contributed by atoms with E-state index in [9.17, 15) is 9.59 Å². The summed E-state index contributed by atoms with van der Waals surface area (Å²) in [6.07, 6.45) is 39.8. The van der Waals surface area contributed by atoms with Crippen LogP contribution < -0.4 is 0 Å². The first-order chi connectivity index (χ1) is 17.8. The largest absolute Gasteiger partial charge is 0.303 e. The number of rotatable bonds is 29. The van der Waals surface area contributed by atoms with Crippen LogP contribution in [0.4, 0.5) is 0 Å². The smallest absolute Gasteiger partial charge is 0.135 e. The summed E-state index contributed by atoms with van der Waals surface area (Å²) in [5.41, 5.74) is 0. The fraction of sp³-hybridized carbons (Fsp3) is 0.824. The number of carbonyl (C=O) groups is 2. The third-order valence-corrected chi connectivity index (χ3v) is 7.36. The van der Waals surface area contributed by atoms with E-state index in [0.717, 1.165) is 57.7 Å². The third kappa shape index (κ3) is 25.9. The monoisotopic (exact) mass is 502 g/mol. The molecule has 2 heteroatoms. The van der Waals surface area contributed by atoms with E-state index in [-0.39, 0.29) is 5.92 Å². The third-order valence-electron chi connectivity index (χ3n) is 7.36. The zero-order valence-corrected chi connectivity index (χ0v) is 24.5. The van der Waals surface area contributed by atoms with E-state index < -0.39 is 0 Å². The van der Waals surface area contributed by atoms with Crippen LogP contribution in [0.2, 0.25) is 0 Å². The zero-order valence-electron chi connectivity index (χ0n) is 24.5. The molecular weight excluding hydrogens is 440 g/mol. The van der Waals surface area contributed by atoms with Crippen molar-refractivity contribution >= 4 is 12.1 Å². The lowest BCUT2D eigenvalue weighted by Crippen LogP contribution is -2.14. The predicted octanol–water partition coefficient (Wildman–Crippen LogP) is 11.3. The molecular formula is C34H62O2. The summed E-state index contributed by atoms with van der Waals surface area (Å²) in [5.74, 6) is 0.608. The first-order valence-electron chi connectivity index (χ1n) is 16.0. The van der Waals surface area contributed by atoms with Crippen LogP contribution >= 0.6 is 0 Å². The van der Waals surface area contributed by atoms with Crippen LogP contribution in [0, 0.1) is 5.92 Å². The van der Waals surface area contributed by atoms with Gasteiger partial charge in [-0.3, -0.25) is 4.79 Å². The Morgan fingerprint density at radius 2 is 0.972 bits per heavy atom. The van der Waals surface area contributed by atoms with Gasteiger partial charge in [0.1, 0.15) is 12.1 Å². The molecule has 2 nitrogen and oxygen atoms in total. The van der Waals surface area contributed by atoms with Crippen molar-refractivity contribution in [1.82, 2.24) is 0 Å². The van der Waals surface area contributed by atoms with E-state index >= 15 is 0 Å². The van der Waals surface area contributed by atoms with Gasteiger partial charge in [-0.1, -0.05) is 128 Å². The number of aldehydes is 1. The van der Waals surface area contributed by atoms with Crippen molar-refractivity contribution in [2.45, 2.75) is 174 Å². The van der Waals surface area contributed by atoms with Crippen molar-refractivity contribution in [3.8, 4) is 0 Å². The average Bonchev–Trinajstić information content (AvgIpc) is 2.88. The Balaban J connectivity index is 3.87. The number of allylic oxidation sites excluding steroid dienone is 4. The standard InChI is InChI=1S/C34H62O2/c1-3-5-7-9-11-13-15-16-18-20-22-24-26-31-34(36)33(30-27-28-32-35)29-25-23-21-19-17-14-12-10-8-6-4-2/h12,14,19,21,32-33H,3-11,13,15-18,20,22-31H2,1-2H3. The highest BCUT2D eigenvalue weighted by molar-refractivity contribution is 5.80. The maximum atomic E-state index is 12.8. The summed E-state index contributed by atoms with van der Waals surface area (Å²) in [6, 6.07) is 0. The molecule has 0 aromatic heterocycles. The van der Waals surface area contributed by atoms with E-state index in [4.69, 9.17) is 0 Å². The second kappa shape index (κ2) is 30.0. The van der Waals surface area contributed by atoms with Crippen molar-refractivity contribution in [2.24, 2.45) is 5.92 Å². The molecule has 0 heterocycles. The number of ketones is 1. The molecule has 0 saturated heterocycles. The van der Waals surface area contributed by atoms with Gasteiger partial charge in [-0.25, -0.2) is 0 Å². The first-order valence-corrected chi connectivity index (χ1v) is 16.0. The highest BCUT2D eigenvalue weighted by Gasteiger charge is 2.17. The first kappa shape index (κ1) is 34.8.